The van der Waals surface area contributed by atoms with Gasteiger partial charge in [0, 0.05) is 16.7 Å². The predicted molar refractivity (Wildman–Crippen MR) is 108 cm³/mol. The van der Waals surface area contributed by atoms with Crippen LogP contribution in [0.15, 0.2) is 64.6 Å². The molecule has 1 aromatic heterocycles. The number of carbonyl (C=O) groups is 3. The van der Waals surface area contributed by atoms with Crippen LogP contribution in [-0.4, -0.2) is 24.1 Å². The van der Waals surface area contributed by atoms with Gasteiger partial charge in [0.25, 0.3) is 0 Å². The predicted octanol–water partition coefficient (Wildman–Crippen LogP) is 5.24. The molecule has 0 saturated carbocycles. The first-order chi connectivity index (χ1) is 14.0. The van der Waals surface area contributed by atoms with Crippen molar-refractivity contribution >= 4 is 35.2 Å². The van der Waals surface area contributed by atoms with Crippen LogP contribution in [0.5, 0.6) is 0 Å². The zero-order valence-corrected chi connectivity index (χ0v) is 16.2. The summed E-state index contributed by atoms with van der Waals surface area (Å²) in [6, 6.07) is 14.9. The van der Waals surface area contributed by atoms with Gasteiger partial charge in [0.2, 0.25) is 0 Å². The summed E-state index contributed by atoms with van der Waals surface area (Å²) < 4.78 is 10.8. The van der Waals surface area contributed by atoms with E-state index in [-0.39, 0.29) is 34.3 Å². The maximum absolute atomic E-state index is 12.5. The Kier molecular flexibility index (Phi) is 4.91. The van der Waals surface area contributed by atoms with Crippen LogP contribution in [0.3, 0.4) is 0 Å². The Balaban J connectivity index is 1.66. The third-order valence-corrected chi connectivity index (χ3v) is 4.89. The zero-order valence-electron chi connectivity index (χ0n) is 15.4. The van der Waals surface area contributed by atoms with Crippen molar-refractivity contribution < 1.29 is 23.5 Å². The molecule has 0 aliphatic heterocycles. The van der Waals surface area contributed by atoms with Crippen LogP contribution in [0.1, 0.15) is 43.8 Å². The second-order valence-electron chi connectivity index (χ2n) is 6.38. The lowest BCUT2D eigenvalue weighted by molar-refractivity contribution is 0.0526. The second-order valence-corrected chi connectivity index (χ2v) is 6.79. The molecule has 29 heavy (non-hydrogen) atoms. The van der Waals surface area contributed by atoms with E-state index >= 15 is 0 Å². The average Bonchev–Trinajstić information content (AvgIpc) is 3.28. The number of hydrogen-bond acceptors (Lipinski definition) is 5. The molecule has 0 amide bonds. The molecular weight excluding hydrogens is 392 g/mol. The lowest BCUT2D eigenvalue weighted by Gasteiger charge is -2.05. The standard InChI is InChI=1S/C23H15ClO5/c1-2-28-23(27)17-11-13(7-9-19(17)24)20-10-8-14(29-20)12-18-21(25)15-5-3-4-6-16(15)22(18)26/h3-12H,2H2,1H3. The normalized spacial score (nSPS) is 12.8. The van der Waals surface area contributed by atoms with Crippen molar-refractivity contribution in [2.24, 2.45) is 0 Å². The molecule has 0 N–H and O–H groups in total. The van der Waals surface area contributed by atoms with Crippen molar-refractivity contribution in [2.45, 2.75) is 6.92 Å². The summed E-state index contributed by atoms with van der Waals surface area (Å²) in [6.45, 7) is 1.95. The van der Waals surface area contributed by atoms with Gasteiger partial charge < -0.3 is 9.15 Å². The molecule has 0 saturated heterocycles. The minimum Gasteiger partial charge on any atom is -0.462 e. The average molecular weight is 407 g/mol. The number of rotatable bonds is 4. The van der Waals surface area contributed by atoms with Gasteiger partial charge in [0.1, 0.15) is 11.5 Å². The Morgan fingerprint density at radius 2 is 1.72 bits per heavy atom. The number of halogens is 1. The van der Waals surface area contributed by atoms with Crippen LogP contribution in [0.4, 0.5) is 0 Å². The van der Waals surface area contributed by atoms with Gasteiger partial charge in [-0.05, 0) is 43.3 Å². The summed E-state index contributed by atoms with van der Waals surface area (Å²) in [4.78, 5) is 37.1. The van der Waals surface area contributed by atoms with Gasteiger partial charge in [-0.25, -0.2) is 4.79 Å². The molecule has 3 aromatic rings. The summed E-state index contributed by atoms with van der Waals surface area (Å²) in [7, 11) is 0. The number of Topliss-reactive ketones (excluding diaryl/α,β-unsaturated/α-hetero) is 2. The van der Waals surface area contributed by atoms with Gasteiger partial charge in [-0.2, -0.15) is 0 Å². The van der Waals surface area contributed by atoms with Gasteiger partial charge >= 0.3 is 5.97 Å². The number of ether oxygens (including phenoxy) is 1. The van der Waals surface area contributed by atoms with Crippen molar-refractivity contribution in [2.75, 3.05) is 6.61 Å². The molecule has 0 atom stereocenters. The quantitative estimate of drug-likeness (QED) is 0.336. The Morgan fingerprint density at radius 1 is 1.03 bits per heavy atom. The first kappa shape index (κ1) is 18.9. The van der Waals surface area contributed by atoms with Gasteiger partial charge in [0.05, 0.1) is 22.8 Å². The van der Waals surface area contributed by atoms with E-state index in [4.69, 9.17) is 20.8 Å². The minimum absolute atomic E-state index is 0.0652. The first-order valence-corrected chi connectivity index (χ1v) is 9.34. The van der Waals surface area contributed by atoms with Crippen LogP contribution < -0.4 is 0 Å². The van der Waals surface area contributed by atoms with E-state index in [1.165, 1.54) is 6.08 Å². The summed E-state index contributed by atoms with van der Waals surface area (Å²) in [5.41, 5.74) is 1.71. The molecule has 6 heteroatoms. The molecule has 0 bridgehead atoms. The lowest BCUT2D eigenvalue weighted by Crippen LogP contribution is -2.05. The Bertz CT molecular complexity index is 1150. The number of carbonyl (C=O) groups excluding carboxylic acids is 3. The molecule has 5 nitrogen and oxygen atoms in total. The Hall–Kier alpha value is -3.44. The molecule has 2 aromatic carbocycles. The highest BCUT2D eigenvalue weighted by atomic mass is 35.5. The van der Waals surface area contributed by atoms with E-state index in [0.717, 1.165) is 0 Å². The number of furan rings is 1. The second kappa shape index (κ2) is 7.53. The maximum Gasteiger partial charge on any atom is 0.339 e. The van der Waals surface area contributed by atoms with E-state index in [1.807, 2.05) is 0 Å². The van der Waals surface area contributed by atoms with Crippen LogP contribution in [-0.2, 0) is 4.74 Å². The molecular formula is C23H15ClO5. The highest BCUT2D eigenvalue weighted by molar-refractivity contribution is 6.41. The number of hydrogen-bond donors (Lipinski definition) is 0. The zero-order chi connectivity index (χ0) is 20.5. The smallest absolute Gasteiger partial charge is 0.339 e. The number of fused-ring (bicyclic) bond motifs is 1. The highest BCUT2D eigenvalue weighted by Gasteiger charge is 2.32. The van der Waals surface area contributed by atoms with Gasteiger partial charge in [0.15, 0.2) is 11.6 Å². The fourth-order valence-corrected chi connectivity index (χ4v) is 3.37. The molecule has 1 aliphatic carbocycles. The van der Waals surface area contributed by atoms with Crippen molar-refractivity contribution in [1.29, 1.82) is 0 Å². The van der Waals surface area contributed by atoms with E-state index in [0.29, 0.717) is 28.2 Å². The number of allylic oxidation sites excluding steroid dienone is 1. The summed E-state index contributed by atoms with van der Waals surface area (Å²) >= 11 is 6.09. The molecule has 144 valence electrons. The van der Waals surface area contributed by atoms with Gasteiger partial charge in [-0.3, -0.25) is 9.59 Å². The molecule has 4 rings (SSSR count). The van der Waals surface area contributed by atoms with Gasteiger partial charge in [-0.1, -0.05) is 35.9 Å². The van der Waals surface area contributed by atoms with E-state index in [2.05, 4.69) is 0 Å². The van der Waals surface area contributed by atoms with Crippen molar-refractivity contribution in [3.8, 4) is 11.3 Å². The van der Waals surface area contributed by atoms with Crippen LogP contribution in [0.2, 0.25) is 5.02 Å². The maximum atomic E-state index is 12.5. The third kappa shape index (κ3) is 3.41. The largest absolute Gasteiger partial charge is 0.462 e. The summed E-state index contributed by atoms with van der Waals surface area (Å²) in [5.74, 6) is -0.334. The third-order valence-electron chi connectivity index (χ3n) is 4.57. The molecule has 1 aliphatic rings. The molecule has 1 heterocycles. The van der Waals surface area contributed by atoms with Crippen molar-refractivity contribution in [3.63, 3.8) is 0 Å². The van der Waals surface area contributed by atoms with Crippen LogP contribution in [0.25, 0.3) is 17.4 Å². The Morgan fingerprint density at radius 3 is 2.38 bits per heavy atom. The monoisotopic (exact) mass is 406 g/mol. The van der Waals surface area contributed by atoms with E-state index in [9.17, 15) is 14.4 Å². The SMILES string of the molecule is CCOC(=O)c1cc(-c2ccc(C=C3C(=O)c4ccccc4C3=O)o2)ccc1Cl. The summed E-state index contributed by atoms with van der Waals surface area (Å²) in [5, 5.41) is 0.279. The fourth-order valence-electron chi connectivity index (χ4n) is 3.18. The van der Waals surface area contributed by atoms with Crippen molar-refractivity contribution in [1.82, 2.24) is 0 Å². The van der Waals surface area contributed by atoms with E-state index in [1.54, 1.807) is 61.5 Å². The minimum atomic E-state index is -0.520. The molecule has 0 radical (unpaired) electrons. The highest BCUT2D eigenvalue weighted by Crippen LogP contribution is 2.31. The van der Waals surface area contributed by atoms with E-state index < -0.39 is 5.97 Å². The molecule has 0 fully saturated rings. The lowest BCUT2D eigenvalue weighted by atomic mass is 10.1. The molecule has 0 unspecified atom stereocenters. The van der Waals surface area contributed by atoms with Crippen LogP contribution >= 0.6 is 11.6 Å². The number of ketones is 2. The number of esters is 1. The fraction of sp³-hybridized carbons (Fsp3) is 0.0870. The van der Waals surface area contributed by atoms with Gasteiger partial charge in [-0.15, -0.1) is 0 Å². The summed E-state index contributed by atoms with van der Waals surface area (Å²) in [6.07, 6.45) is 1.44. The number of benzene rings is 2. The first-order valence-electron chi connectivity index (χ1n) is 8.96. The van der Waals surface area contributed by atoms with Crippen LogP contribution in [0, 0.1) is 0 Å². The molecule has 0 spiro atoms. The Labute approximate surface area is 171 Å². The van der Waals surface area contributed by atoms with Crippen molar-refractivity contribution in [3.05, 3.63) is 87.6 Å². The topological polar surface area (TPSA) is 73.6 Å².